The molecule has 0 aromatic heterocycles. The van der Waals surface area contributed by atoms with Crippen LogP contribution in [0.25, 0.3) is 0 Å². The number of nitrogens with one attached hydrogen (secondary N) is 1. The molecule has 104 valence electrons. The molecule has 0 aliphatic carbocycles. The van der Waals surface area contributed by atoms with E-state index in [4.69, 9.17) is 10.5 Å². The summed E-state index contributed by atoms with van der Waals surface area (Å²) in [5, 5.41) is 2.89. The van der Waals surface area contributed by atoms with Crippen LogP contribution in [-0.4, -0.2) is 31.7 Å². The molecule has 17 heavy (non-hydrogen) atoms. The Morgan fingerprint density at radius 1 is 1.29 bits per heavy atom. The molecule has 0 aliphatic heterocycles. The molecule has 5 heteroatoms. The van der Waals surface area contributed by atoms with Gasteiger partial charge in [-0.2, -0.15) is 0 Å². The van der Waals surface area contributed by atoms with Crippen LogP contribution < -0.4 is 11.1 Å². The molecule has 4 nitrogen and oxygen atoms in total. The highest BCUT2D eigenvalue weighted by Crippen LogP contribution is 1.99. The lowest BCUT2D eigenvalue weighted by atomic mass is 10.1. The van der Waals surface area contributed by atoms with Crippen molar-refractivity contribution in [1.82, 2.24) is 5.32 Å². The minimum atomic E-state index is -0.0531. The lowest BCUT2D eigenvalue weighted by molar-refractivity contribution is -0.126. The highest BCUT2D eigenvalue weighted by Gasteiger charge is 2.09. The van der Waals surface area contributed by atoms with E-state index < -0.39 is 0 Å². The third-order valence-electron chi connectivity index (χ3n) is 2.43. The first-order valence-corrected chi connectivity index (χ1v) is 6.31. The molecule has 1 amide bonds. The fourth-order valence-electron chi connectivity index (χ4n) is 1.38. The summed E-state index contributed by atoms with van der Waals surface area (Å²) in [7, 11) is 0. The summed E-state index contributed by atoms with van der Waals surface area (Å²) in [4.78, 5) is 11.4. The van der Waals surface area contributed by atoms with Crippen LogP contribution in [0.1, 0.15) is 46.0 Å². The standard InChI is InChI=1S/C12H26N2O2.ClH/c1-3-5-7-11(9-13)14-12(15)10-16-8-6-4-2;/h11H,3-10,13H2,1-2H3,(H,14,15);1H. The number of carbonyl (C=O) groups is 1. The quantitative estimate of drug-likeness (QED) is 0.593. The molecule has 0 heterocycles. The van der Waals surface area contributed by atoms with Crippen LogP contribution in [0.5, 0.6) is 0 Å². The van der Waals surface area contributed by atoms with E-state index in [0.29, 0.717) is 13.2 Å². The van der Waals surface area contributed by atoms with Gasteiger partial charge in [-0.3, -0.25) is 4.79 Å². The Balaban J connectivity index is 0. The van der Waals surface area contributed by atoms with E-state index >= 15 is 0 Å². The molecule has 0 spiro atoms. The number of unbranched alkanes of at least 4 members (excludes halogenated alkanes) is 2. The van der Waals surface area contributed by atoms with Gasteiger partial charge in [0.25, 0.3) is 0 Å². The molecular formula is C12H27ClN2O2. The van der Waals surface area contributed by atoms with Gasteiger partial charge >= 0.3 is 0 Å². The summed E-state index contributed by atoms with van der Waals surface area (Å²) in [6.45, 7) is 5.54. The maximum absolute atomic E-state index is 11.4. The second-order valence-electron chi connectivity index (χ2n) is 4.05. The molecule has 1 unspecified atom stereocenters. The normalized spacial score (nSPS) is 11.7. The van der Waals surface area contributed by atoms with Crippen LogP contribution in [0.4, 0.5) is 0 Å². The summed E-state index contributed by atoms with van der Waals surface area (Å²) in [6.07, 6.45) is 5.26. The Morgan fingerprint density at radius 2 is 1.94 bits per heavy atom. The van der Waals surface area contributed by atoms with Crippen molar-refractivity contribution < 1.29 is 9.53 Å². The predicted molar refractivity (Wildman–Crippen MR) is 73.5 cm³/mol. The van der Waals surface area contributed by atoms with E-state index in [-0.39, 0.29) is 31.0 Å². The van der Waals surface area contributed by atoms with Crippen molar-refractivity contribution in [3.05, 3.63) is 0 Å². The van der Waals surface area contributed by atoms with E-state index in [1.165, 1.54) is 0 Å². The first kappa shape index (κ1) is 19.0. The lowest BCUT2D eigenvalue weighted by Gasteiger charge is -2.16. The SMILES string of the molecule is CCCCOCC(=O)NC(CN)CCCC.Cl. The van der Waals surface area contributed by atoms with Crippen LogP contribution in [0.2, 0.25) is 0 Å². The summed E-state index contributed by atoms with van der Waals surface area (Å²) in [6, 6.07) is 0.0993. The van der Waals surface area contributed by atoms with Crippen molar-refractivity contribution >= 4 is 18.3 Å². The van der Waals surface area contributed by atoms with Gasteiger partial charge in [0.05, 0.1) is 0 Å². The van der Waals surface area contributed by atoms with E-state index in [0.717, 1.165) is 32.1 Å². The zero-order chi connectivity index (χ0) is 12.2. The van der Waals surface area contributed by atoms with Gasteiger partial charge in [0.1, 0.15) is 6.61 Å². The van der Waals surface area contributed by atoms with E-state index in [2.05, 4.69) is 19.2 Å². The van der Waals surface area contributed by atoms with Gasteiger partial charge < -0.3 is 15.8 Å². The van der Waals surface area contributed by atoms with Gasteiger partial charge in [-0.15, -0.1) is 12.4 Å². The fraction of sp³-hybridized carbons (Fsp3) is 0.917. The summed E-state index contributed by atoms with van der Waals surface area (Å²) in [5.41, 5.74) is 5.58. The summed E-state index contributed by atoms with van der Waals surface area (Å²) < 4.78 is 5.23. The number of amides is 1. The van der Waals surface area contributed by atoms with Gasteiger partial charge in [-0.1, -0.05) is 33.1 Å². The third kappa shape index (κ3) is 11.9. The maximum Gasteiger partial charge on any atom is 0.246 e. The monoisotopic (exact) mass is 266 g/mol. The molecule has 0 fully saturated rings. The van der Waals surface area contributed by atoms with Gasteiger partial charge in [0.2, 0.25) is 5.91 Å². The molecule has 0 rings (SSSR count). The molecule has 3 N–H and O–H groups in total. The average molecular weight is 267 g/mol. The smallest absolute Gasteiger partial charge is 0.246 e. The van der Waals surface area contributed by atoms with Crippen molar-refractivity contribution in [1.29, 1.82) is 0 Å². The van der Waals surface area contributed by atoms with Crippen molar-refractivity contribution in [3.8, 4) is 0 Å². The van der Waals surface area contributed by atoms with Crippen LogP contribution >= 0.6 is 12.4 Å². The lowest BCUT2D eigenvalue weighted by Crippen LogP contribution is -2.41. The van der Waals surface area contributed by atoms with Gasteiger partial charge in [0, 0.05) is 19.2 Å². The molecule has 0 aromatic carbocycles. The van der Waals surface area contributed by atoms with Crippen molar-refractivity contribution in [2.24, 2.45) is 5.73 Å². The first-order valence-electron chi connectivity index (χ1n) is 6.31. The van der Waals surface area contributed by atoms with Crippen LogP contribution in [0, 0.1) is 0 Å². The van der Waals surface area contributed by atoms with Gasteiger partial charge in [-0.25, -0.2) is 0 Å². The Hall–Kier alpha value is -0.320. The van der Waals surface area contributed by atoms with Crippen LogP contribution in [0.3, 0.4) is 0 Å². The highest BCUT2D eigenvalue weighted by atomic mass is 35.5. The Morgan fingerprint density at radius 3 is 2.47 bits per heavy atom. The van der Waals surface area contributed by atoms with E-state index in [1.807, 2.05) is 0 Å². The summed E-state index contributed by atoms with van der Waals surface area (Å²) in [5.74, 6) is -0.0531. The Kier molecular flexibility index (Phi) is 15.4. The third-order valence-corrected chi connectivity index (χ3v) is 2.43. The molecule has 1 atom stereocenters. The zero-order valence-corrected chi connectivity index (χ0v) is 11.9. The zero-order valence-electron chi connectivity index (χ0n) is 11.0. The second kappa shape index (κ2) is 13.7. The first-order chi connectivity index (χ1) is 7.74. The predicted octanol–water partition coefficient (Wildman–Crippen LogP) is 1.86. The molecule has 0 aliphatic rings. The van der Waals surface area contributed by atoms with Crippen LogP contribution in [-0.2, 0) is 9.53 Å². The minimum Gasteiger partial charge on any atom is -0.372 e. The average Bonchev–Trinajstić information content (AvgIpc) is 2.30. The number of hydrogen-bond donors (Lipinski definition) is 2. The van der Waals surface area contributed by atoms with Crippen molar-refractivity contribution in [3.63, 3.8) is 0 Å². The minimum absolute atomic E-state index is 0. The number of ether oxygens (including phenoxy) is 1. The van der Waals surface area contributed by atoms with E-state index in [9.17, 15) is 4.79 Å². The Labute approximate surface area is 111 Å². The fourth-order valence-corrected chi connectivity index (χ4v) is 1.38. The number of hydrogen-bond acceptors (Lipinski definition) is 3. The number of nitrogens with two attached hydrogens (primary N) is 1. The Bertz CT molecular complexity index is 180. The number of rotatable bonds is 10. The topological polar surface area (TPSA) is 64.3 Å². The number of halogens is 1. The molecule has 0 aromatic rings. The molecular weight excluding hydrogens is 240 g/mol. The molecule has 0 saturated carbocycles. The molecule has 0 radical (unpaired) electrons. The number of carbonyl (C=O) groups excluding carboxylic acids is 1. The van der Waals surface area contributed by atoms with Crippen LogP contribution in [0.15, 0.2) is 0 Å². The maximum atomic E-state index is 11.4. The molecule has 0 bridgehead atoms. The summed E-state index contributed by atoms with van der Waals surface area (Å²) >= 11 is 0. The van der Waals surface area contributed by atoms with Crippen molar-refractivity contribution in [2.45, 2.75) is 52.0 Å². The second-order valence-corrected chi connectivity index (χ2v) is 4.05. The highest BCUT2D eigenvalue weighted by molar-refractivity contribution is 5.85. The largest absolute Gasteiger partial charge is 0.372 e. The van der Waals surface area contributed by atoms with Gasteiger partial charge in [0.15, 0.2) is 0 Å². The van der Waals surface area contributed by atoms with Crippen molar-refractivity contribution in [2.75, 3.05) is 19.8 Å². The molecule has 0 saturated heterocycles. The van der Waals surface area contributed by atoms with E-state index in [1.54, 1.807) is 0 Å². The van der Waals surface area contributed by atoms with Gasteiger partial charge in [-0.05, 0) is 12.8 Å².